The second kappa shape index (κ2) is 4.75. The maximum atomic E-state index is 13.4. The number of benzene rings is 2. The van der Waals surface area contributed by atoms with E-state index in [9.17, 15) is 22.0 Å². The predicted molar refractivity (Wildman–Crippen MR) is 60.4 cm³/mol. The Balaban J connectivity index is 2.52. The van der Waals surface area contributed by atoms with E-state index < -0.39 is 34.8 Å². The Kier molecular flexibility index (Phi) is 3.28. The van der Waals surface area contributed by atoms with Crippen LogP contribution in [0.15, 0.2) is 24.3 Å². The molecular formula is C12H7F5N2. The van der Waals surface area contributed by atoms with Crippen LogP contribution in [0.4, 0.5) is 39.0 Å². The first kappa shape index (κ1) is 13.1. The van der Waals surface area contributed by atoms with Crippen molar-refractivity contribution in [3.8, 4) is 0 Å². The van der Waals surface area contributed by atoms with E-state index in [1.54, 1.807) is 0 Å². The first-order valence-corrected chi connectivity index (χ1v) is 5.05. The van der Waals surface area contributed by atoms with E-state index in [4.69, 9.17) is 5.73 Å². The van der Waals surface area contributed by atoms with Crippen LogP contribution in [-0.2, 0) is 0 Å². The molecule has 0 aromatic heterocycles. The van der Waals surface area contributed by atoms with Crippen molar-refractivity contribution in [2.75, 3.05) is 11.1 Å². The van der Waals surface area contributed by atoms with Gasteiger partial charge in [-0.2, -0.15) is 0 Å². The van der Waals surface area contributed by atoms with E-state index in [1.165, 1.54) is 0 Å². The molecule has 2 rings (SSSR count). The van der Waals surface area contributed by atoms with Gasteiger partial charge < -0.3 is 11.1 Å². The molecule has 3 N–H and O–H groups in total. The fourth-order valence-corrected chi connectivity index (χ4v) is 1.45. The molecule has 0 aliphatic rings. The molecule has 0 radical (unpaired) electrons. The van der Waals surface area contributed by atoms with Crippen molar-refractivity contribution in [2.45, 2.75) is 0 Å². The summed E-state index contributed by atoms with van der Waals surface area (Å²) < 4.78 is 65.7. The van der Waals surface area contributed by atoms with Crippen LogP contribution in [0.5, 0.6) is 0 Å². The monoisotopic (exact) mass is 274 g/mol. The first-order valence-electron chi connectivity index (χ1n) is 5.05. The highest BCUT2D eigenvalue weighted by Crippen LogP contribution is 2.30. The van der Waals surface area contributed by atoms with Crippen LogP contribution >= 0.6 is 0 Å². The summed E-state index contributed by atoms with van der Waals surface area (Å²) >= 11 is 0. The zero-order chi connectivity index (χ0) is 14.2. The van der Waals surface area contributed by atoms with Gasteiger partial charge in [-0.05, 0) is 18.2 Å². The van der Waals surface area contributed by atoms with Crippen molar-refractivity contribution < 1.29 is 22.0 Å². The van der Waals surface area contributed by atoms with Crippen LogP contribution in [0, 0.1) is 29.1 Å². The van der Waals surface area contributed by atoms with Crippen molar-refractivity contribution in [2.24, 2.45) is 0 Å². The van der Waals surface area contributed by atoms with Crippen LogP contribution in [0.1, 0.15) is 0 Å². The van der Waals surface area contributed by atoms with Crippen LogP contribution < -0.4 is 11.1 Å². The lowest BCUT2D eigenvalue weighted by Crippen LogP contribution is -2.05. The summed E-state index contributed by atoms with van der Waals surface area (Å²) in [7, 11) is 0. The van der Waals surface area contributed by atoms with Crippen LogP contribution in [0.25, 0.3) is 0 Å². The Labute approximate surface area is 104 Å². The Morgan fingerprint density at radius 2 is 1.42 bits per heavy atom. The van der Waals surface area contributed by atoms with Gasteiger partial charge in [-0.1, -0.05) is 0 Å². The first-order chi connectivity index (χ1) is 8.90. The van der Waals surface area contributed by atoms with Gasteiger partial charge in [0.1, 0.15) is 11.5 Å². The molecule has 7 heteroatoms. The normalized spacial score (nSPS) is 10.6. The van der Waals surface area contributed by atoms with Gasteiger partial charge in [-0.15, -0.1) is 0 Å². The maximum Gasteiger partial charge on any atom is 0.185 e. The van der Waals surface area contributed by atoms with Gasteiger partial charge in [0.05, 0.1) is 11.4 Å². The predicted octanol–water partition coefficient (Wildman–Crippen LogP) is 3.71. The molecule has 0 spiro atoms. The standard InChI is InChI=1S/C12H7F5N2/c13-5-1-2-8(18)9(3-5)19-12-10(16)6(14)4-7(15)11(12)17/h1-4,19H,18H2. The van der Waals surface area contributed by atoms with E-state index in [0.29, 0.717) is 0 Å². The van der Waals surface area contributed by atoms with E-state index in [1.807, 2.05) is 5.32 Å². The number of hydrogen-bond acceptors (Lipinski definition) is 2. The van der Waals surface area contributed by atoms with Crippen LogP contribution in [0.3, 0.4) is 0 Å². The smallest absolute Gasteiger partial charge is 0.185 e. The summed E-state index contributed by atoms with van der Waals surface area (Å²) in [5.41, 5.74) is 4.13. The molecule has 0 amide bonds. The Morgan fingerprint density at radius 1 is 0.842 bits per heavy atom. The average molecular weight is 274 g/mol. The second-order valence-electron chi connectivity index (χ2n) is 3.70. The summed E-state index contributed by atoms with van der Waals surface area (Å²) in [6, 6.07) is 3.09. The molecule has 0 fully saturated rings. The number of rotatable bonds is 2. The molecule has 0 aliphatic carbocycles. The highest BCUT2D eigenvalue weighted by Gasteiger charge is 2.19. The van der Waals surface area contributed by atoms with Crippen molar-refractivity contribution in [3.05, 3.63) is 53.4 Å². The van der Waals surface area contributed by atoms with E-state index in [0.717, 1.165) is 18.2 Å². The summed E-state index contributed by atoms with van der Waals surface area (Å²) in [4.78, 5) is 0. The third-order valence-corrected chi connectivity index (χ3v) is 2.39. The van der Waals surface area contributed by atoms with Gasteiger partial charge in [0, 0.05) is 6.07 Å². The van der Waals surface area contributed by atoms with Gasteiger partial charge >= 0.3 is 0 Å². The van der Waals surface area contributed by atoms with Crippen molar-refractivity contribution in [3.63, 3.8) is 0 Å². The number of anilines is 3. The Hall–Kier alpha value is -2.31. The van der Waals surface area contributed by atoms with Gasteiger partial charge in [0.2, 0.25) is 0 Å². The Morgan fingerprint density at radius 3 is 2.00 bits per heavy atom. The number of nitrogens with two attached hydrogens (primary N) is 1. The number of hydrogen-bond donors (Lipinski definition) is 2. The minimum absolute atomic E-state index is 0.0372. The SMILES string of the molecule is Nc1ccc(F)cc1Nc1c(F)c(F)cc(F)c1F. The van der Waals surface area contributed by atoms with Gasteiger partial charge in [0.15, 0.2) is 23.3 Å². The molecule has 0 aliphatic heterocycles. The fraction of sp³-hybridized carbons (Fsp3) is 0. The highest BCUT2D eigenvalue weighted by molar-refractivity contribution is 5.73. The molecule has 0 saturated heterocycles. The molecule has 100 valence electrons. The van der Waals surface area contributed by atoms with Crippen molar-refractivity contribution >= 4 is 17.1 Å². The summed E-state index contributed by atoms with van der Waals surface area (Å²) in [6.07, 6.45) is 0. The topological polar surface area (TPSA) is 38.0 Å². The minimum Gasteiger partial charge on any atom is -0.397 e. The van der Waals surface area contributed by atoms with Gasteiger partial charge in [-0.3, -0.25) is 0 Å². The van der Waals surface area contributed by atoms with Crippen LogP contribution in [-0.4, -0.2) is 0 Å². The number of nitrogen functional groups attached to an aromatic ring is 1. The van der Waals surface area contributed by atoms with E-state index in [-0.39, 0.29) is 17.4 Å². The summed E-state index contributed by atoms with van der Waals surface area (Å²) in [5.74, 6) is -7.12. The molecule has 2 nitrogen and oxygen atoms in total. The maximum absolute atomic E-state index is 13.4. The lowest BCUT2D eigenvalue weighted by Gasteiger charge is -2.12. The Bertz CT molecular complexity index is 616. The second-order valence-corrected chi connectivity index (χ2v) is 3.70. The minimum atomic E-state index is -1.62. The highest BCUT2D eigenvalue weighted by atomic mass is 19.2. The van der Waals surface area contributed by atoms with E-state index >= 15 is 0 Å². The number of halogens is 5. The molecule has 0 atom stereocenters. The summed E-state index contributed by atoms with van der Waals surface area (Å²) in [5, 5.41) is 2.04. The molecule has 2 aromatic carbocycles. The zero-order valence-corrected chi connectivity index (χ0v) is 9.28. The van der Waals surface area contributed by atoms with Crippen LogP contribution in [0.2, 0.25) is 0 Å². The van der Waals surface area contributed by atoms with E-state index in [2.05, 4.69) is 0 Å². The zero-order valence-electron chi connectivity index (χ0n) is 9.28. The third kappa shape index (κ3) is 2.44. The largest absolute Gasteiger partial charge is 0.397 e. The average Bonchev–Trinajstić information content (AvgIpc) is 2.36. The van der Waals surface area contributed by atoms with Crippen molar-refractivity contribution in [1.82, 2.24) is 0 Å². The summed E-state index contributed by atoms with van der Waals surface area (Å²) in [6.45, 7) is 0. The molecule has 0 heterocycles. The molecule has 0 saturated carbocycles. The third-order valence-electron chi connectivity index (χ3n) is 2.39. The lowest BCUT2D eigenvalue weighted by molar-refractivity contribution is 0.459. The van der Waals surface area contributed by atoms with Gasteiger partial charge in [0.25, 0.3) is 0 Å². The van der Waals surface area contributed by atoms with Crippen molar-refractivity contribution in [1.29, 1.82) is 0 Å². The molecule has 0 bridgehead atoms. The molecule has 19 heavy (non-hydrogen) atoms. The lowest BCUT2D eigenvalue weighted by atomic mass is 10.2. The molecule has 0 unspecified atom stereocenters. The molecule has 2 aromatic rings. The quantitative estimate of drug-likeness (QED) is 0.497. The molecular weight excluding hydrogens is 267 g/mol. The number of nitrogens with one attached hydrogen (secondary N) is 1. The van der Waals surface area contributed by atoms with Gasteiger partial charge in [-0.25, -0.2) is 22.0 Å². The fourth-order valence-electron chi connectivity index (χ4n) is 1.45.